The van der Waals surface area contributed by atoms with Crippen LogP contribution in [-0.4, -0.2) is 43.7 Å². The minimum absolute atomic E-state index is 0.0716. The first kappa shape index (κ1) is 12.8. The lowest BCUT2D eigenvalue weighted by Gasteiger charge is -2.32. The van der Waals surface area contributed by atoms with Gasteiger partial charge in [0.05, 0.1) is 6.61 Å². The molecule has 1 saturated heterocycles. The number of likely N-dealkylation sites (tertiary alicyclic amines) is 1. The molecule has 0 saturated carbocycles. The predicted molar refractivity (Wildman–Crippen MR) is 59.8 cm³/mol. The molecule has 6 nitrogen and oxygen atoms in total. The number of rotatable bonds is 5. The molecule has 0 aromatic heterocycles. The van der Waals surface area contributed by atoms with E-state index >= 15 is 0 Å². The average Bonchev–Trinajstić information content (AvgIpc) is 2.33. The zero-order chi connectivity index (χ0) is 11.8. The van der Waals surface area contributed by atoms with Crippen LogP contribution in [0.25, 0.3) is 10.4 Å². The number of carbonyl (C=O) groups excluding carboxylic acids is 1. The Hall–Kier alpha value is -1.26. The third kappa shape index (κ3) is 4.08. The Morgan fingerprint density at radius 2 is 2.50 bits per heavy atom. The molecule has 1 aliphatic rings. The van der Waals surface area contributed by atoms with Crippen molar-refractivity contribution in [2.45, 2.75) is 19.8 Å². The number of ether oxygens (including phenoxy) is 1. The molecule has 1 heterocycles. The van der Waals surface area contributed by atoms with Gasteiger partial charge < -0.3 is 9.64 Å². The van der Waals surface area contributed by atoms with E-state index < -0.39 is 0 Å². The van der Waals surface area contributed by atoms with Crippen LogP contribution in [0, 0.1) is 5.92 Å². The summed E-state index contributed by atoms with van der Waals surface area (Å²) in [5.74, 6) is 0.336. The van der Waals surface area contributed by atoms with Gasteiger partial charge in [-0.25, -0.2) is 0 Å². The van der Waals surface area contributed by atoms with Crippen molar-refractivity contribution >= 4 is 5.91 Å². The van der Waals surface area contributed by atoms with Crippen LogP contribution in [-0.2, 0) is 9.53 Å². The van der Waals surface area contributed by atoms with Crippen LogP contribution in [0.2, 0.25) is 0 Å². The lowest BCUT2D eigenvalue weighted by molar-refractivity contribution is -0.131. The predicted octanol–water partition coefficient (Wildman–Crippen LogP) is 1.57. The molecule has 0 unspecified atom stereocenters. The van der Waals surface area contributed by atoms with Crippen molar-refractivity contribution in [3.63, 3.8) is 0 Å². The Morgan fingerprint density at radius 3 is 3.19 bits per heavy atom. The summed E-state index contributed by atoms with van der Waals surface area (Å²) in [4.78, 5) is 16.0. The highest BCUT2D eigenvalue weighted by molar-refractivity contribution is 5.78. The number of hydrogen-bond donors (Lipinski definition) is 0. The fourth-order valence-corrected chi connectivity index (χ4v) is 1.90. The molecule has 0 aromatic carbocycles. The number of nitrogens with zero attached hydrogens (tertiary/aromatic N) is 4. The van der Waals surface area contributed by atoms with Gasteiger partial charge in [-0.15, -0.1) is 0 Å². The highest BCUT2D eigenvalue weighted by atomic mass is 16.5. The Kier molecular flexibility index (Phi) is 5.67. The van der Waals surface area contributed by atoms with Crippen molar-refractivity contribution in [1.82, 2.24) is 4.90 Å². The maximum atomic E-state index is 11.6. The topological polar surface area (TPSA) is 78.3 Å². The van der Waals surface area contributed by atoms with Gasteiger partial charge in [-0.2, -0.15) is 0 Å². The molecule has 6 heteroatoms. The Balaban J connectivity index is 2.37. The minimum atomic E-state index is -0.0843. The molecule has 0 bridgehead atoms. The van der Waals surface area contributed by atoms with Crippen molar-refractivity contribution in [3.8, 4) is 0 Å². The van der Waals surface area contributed by atoms with Gasteiger partial charge in [-0.3, -0.25) is 4.79 Å². The fraction of sp³-hybridized carbons (Fsp3) is 0.900. The van der Waals surface area contributed by atoms with Crippen LogP contribution in [0.1, 0.15) is 19.8 Å². The van der Waals surface area contributed by atoms with Gasteiger partial charge in [0.15, 0.2) is 0 Å². The van der Waals surface area contributed by atoms with Crippen molar-refractivity contribution in [2.75, 3.05) is 32.8 Å². The first-order valence-electron chi connectivity index (χ1n) is 5.64. The summed E-state index contributed by atoms with van der Waals surface area (Å²) in [5.41, 5.74) is 8.15. The molecule has 0 spiro atoms. The van der Waals surface area contributed by atoms with E-state index in [-0.39, 0.29) is 12.5 Å². The normalized spacial score (nSPS) is 20.3. The summed E-state index contributed by atoms with van der Waals surface area (Å²) >= 11 is 0. The molecule has 0 N–H and O–H groups in total. The minimum Gasteiger partial charge on any atom is -0.381 e. The van der Waals surface area contributed by atoms with Crippen LogP contribution in [0.15, 0.2) is 5.11 Å². The van der Waals surface area contributed by atoms with Gasteiger partial charge in [0.1, 0.15) is 6.54 Å². The van der Waals surface area contributed by atoms with Crippen LogP contribution < -0.4 is 0 Å². The molecule has 1 fully saturated rings. The summed E-state index contributed by atoms with van der Waals surface area (Å²) in [6, 6.07) is 0. The van der Waals surface area contributed by atoms with E-state index in [0.29, 0.717) is 19.1 Å². The van der Waals surface area contributed by atoms with Crippen molar-refractivity contribution < 1.29 is 9.53 Å². The monoisotopic (exact) mass is 226 g/mol. The van der Waals surface area contributed by atoms with Crippen molar-refractivity contribution in [1.29, 1.82) is 0 Å². The fourth-order valence-electron chi connectivity index (χ4n) is 1.90. The van der Waals surface area contributed by atoms with Gasteiger partial charge in [0.25, 0.3) is 0 Å². The maximum Gasteiger partial charge on any atom is 0.228 e. The van der Waals surface area contributed by atoms with E-state index in [2.05, 4.69) is 10.0 Å². The Morgan fingerprint density at radius 1 is 1.69 bits per heavy atom. The summed E-state index contributed by atoms with van der Waals surface area (Å²) in [6.45, 7) is 4.80. The number of piperidine rings is 1. The molecule has 0 aromatic rings. The zero-order valence-corrected chi connectivity index (χ0v) is 9.63. The van der Waals surface area contributed by atoms with E-state index in [0.717, 1.165) is 25.9 Å². The first-order valence-corrected chi connectivity index (χ1v) is 5.64. The third-order valence-corrected chi connectivity index (χ3v) is 2.70. The van der Waals surface area contributed by atoms with E-state index in [1.807, 2.05) is 6.92 Å². The molecule has 16 heavy (non-hydrogen) atoms. The summed E-state index contributed by atoms with van der Waals surface area (Å²) in [6.07, 6.45) is 2.10. The number of amides is 1. The van der Waals surface area contributed by atoms with E-state index in [1.54, 1.807) is 4.90 Å². The third-order valence-electron chi connectivity index (χ3n) is 2.70. The van der Waals surface area contributed by atoms with E-state index in [4.69, 9.17) is 10.3 Å². The number of carbonyl (C=O) groups is 1. The molecule has 1 amide bonds. The second-order valence-electron chi connectivity index (χ2n) is 3.90. The van der Waals surface area contributed by atoms with Gasteiger partial charge in [-0.1, -0.05) is 5.11 Å². The Labute approximate surface area is 95.2 Å². The maximum absolute atomic E-state index is 11.6. The van der Waals surface area contributed by atoms with Gasteiger partial charge >= 0.3 is 0 Å². The highest BCUT2D eigenvalue weighted by Gasteiger charge is 2.22. The summed E-state index contributed by atoms with van der Waals surface area (Å²) < 4.78 is 5.36. The van der Waals surface area contributed by atoms with Crippen LogP contribution in [0.3, 0.4) is 0 Å². The number of azide groups is 1. The molecule has 0 aliphatic carbocycles. The van der Waals surface area contributed by atoms with Crippen LogP contribution >= 0.6 is 0 Å². The van der Waals surface area contributed by atoms with Crippen molar-refractivity contribution in [3.05, 3.63) is 10.4 Å². The lowest BCUT2D eigenvalue weighted by atomic mass is 9.99. The van der Waals surface area contributed by atoms with Crippen LogP contribution in [0.5, 0.6) is 0 Å². The van der Waals surface area contributed by atoms with Gasteiger partial charge in [0, 0.05) is 24.6 Å². The molecule has 1 aliphatic heterocycles. The van der Waals surface area contributed by atoms with E-state index in [1.165, 1.54) is 0 Å². The summed E-state index contributed by atoms with van der Waals surface area (Å²) in [5, 5.41) is 3.29. The summed E-state index contributed by atoms with van der Waals surface area (Å²) in [7, 11) is 0. The van der Waals surface area contributed by atoms with Crippen LogP contribution in [0.4, 0.5) is 0 Å². The average molecular weight is 226 g/mol. The molecular weight excluding hydrogens is 208 g/mol. The molecule has 1 atom stereocenters. The Bertz CT molecular complexity index is 276. The SMILES string of the molecule is CCOC[C@H]1CCCN(C(=O)CN=[N+]=[N-])C1. The standard InChI is InChI=1S/C10H18N4O2/c1-2-16-8-9-4-3-5-14(7-9)10(15)6-12-13-11/h9H,2-8H2,1H3/t9-/m0/s1. The first-order chi connectivity index (χ1) is 7.77. The van der Waals surface area contributed by atoms with Crippen molar-refractivity contribution in [2.24, 2.45) is 11.0 Å². The second kappa shape index (κ2) is 7.09. The zero-order valence-electron chi connectivity index (χ0n) is 9.63. The molecule has 1 rings (SSSR count). The quantitative estimate of drug-likeness (QED) is 0.405. The molecule has 90 valence electrons. The largest absolute Gasteiger partial charge is 0.381 e. The highest BCUT2D eigenvalue weighted by Crippen LogP contribution is 2.16. The van der Waals surface area contributed by atoms with Gasteiger partial charge in [-0.05, 0) is 31.2 Å². The molecule has 0 radical (unpaired) electrons. The molecular formula is C10H18N4O2. The van der Waals surface area contributed by atoms with Gasteiger partial charge in [0.2, 0.25) is 5.91 Å². The lowest BCUT2D eigenvalue weighted by Crippen LogP contribution is -2.42. The number of hydrogen-bond acceptors (Lipinski definition) is 3. The van der Waals surface area contributed by atoms with E-state index in [9.17, 15) is 4.79 Å². The smallest absolute Gasteiger partial charge is 0.228 e. The second-order valence-corrected chi connectivity index (χ2v) is 3.90.